The van der Waals surface area contributed by atoms with E-state index >= 15 is 0 Å². The fourth-order valence-corrected chi connectivity index (χ4v) is 5.23. The molecule has 0 bridgehead atoms. The van der Waals surface area contributed by atoms with E-state index in [1.165, 1.54) is 53.4 Å². The third-order valence-corrected chi connectivity index (χ3v) is 8.20. The molecule has 2 amide bonds. The van der Waals surface area contributed by atoms with Crippen molar-refractivity contribution in [3.63, 3.8) is 0 Å². The Hall–Kier alpha value is -3.43. The average molecular weight is 560 g/mol. The van der Waals surface area contributed by atoms with Crippen LogP contribution in [0.2, 0.25) is 5.02 Å². The molecule has 3 rings (SSSR count). The fourth-order valence-electron chi connectivity index (χ4n) is 3.69. The smallest absolute Gasteiger partial charge is 0.264 e. The van der Waals surface area contributed by atoms with Crippen molar-refractivity contribution in [1.29, 1.82) is 0 Å². The molecule has 38 heavy (non-hydrogen) atoms. The zero-order chi connectivity index (χ0) is 27.9. The lowest BCUT2D eigenvalue weighted by Crippen LogP contribution is -2.52. The molecule has 0 fully saturated rings. The van der Waals surface area contributed by atoms with Crippen LogP contribution in [0.15, 0.2) is 83.8 Å². The summed E-state index contributed by atoms with van der Waals surface area (Å²) in [6.45, 7) is 4.79. The Morgan fingerprint density at radius 2 is 1.55 bits per heavy atom. The molecule has 10 heteroatoms. The molecule has 0 aromatic heterocycles. The van der Waals surface area contributed by atoms with Crippen LogP contribution in [-0.2, 0) is 26.2 Å². The minimum absolute atomic E-state index is 0.0160. The van der Waals surface area contributed by atoms with Crippen LogP contribution >= 0.6 is 11.6 Å². The molecular formula is C28H31ClFN3O4S. The van der Waals surface area contributed by atoms with Crippen molar-refractivity contribution in [3.8, 4) is 0 Å². The van der Waals surface area contributed by atoms with E-state index in [-0.39, 0.29) is 29.1 Å². The van der Waals surface area contributed by atoms with Gasteiger partial charge in [0.05, 0.1) is 10.6 Å². The highest BCUT2D eigenvalue weighted by Gasteiger charge is 2.32. The van der Waals surface area contributed by atoms with E-state index < -0.39 is 34.3 Å². The summed E-state index contributed by atoms with van der Waals surface area (Å²) in [6, 6.07) is 18.5. The topological polar surface area (TPSA) is 86.8 Å². The Balaban J connectivity index is 1.99. The maximum Gasteiger partial charge on any atom is 0.264 e. The maximum atomic E-state index is 13.8. The lowest BCUT2D eigenvalue weighted by Gasteiger charge is -2.32. The number of nitrogens with one attached hydrogen (secondary N) is 1. The minimum atomic E-state index is -4.17. The van der Waals surface area contributed by atoms with Gasteiger partial charge in [-0.3, -0.25) is 13.9 Å². The second kappa shape index (κ2) is 12.9. The van der Waals surface area contributed by atoms with Gasteiger partial charge in [-0.2, -0.15) is 0 Å². The number of hydrogen-bond donors (Lipinski definition) is 1. The van der Waals surface area contributed by atoms with Crippen LogP contribution in [-0.4, -0.2) is 43.8 Å². The predicted octanol–water partition coefficient (Wildman–Crippen LogP) is 5.01. The maximum absolute atomic E-state index is 13.8. The number of amides is 2. The normalized spacial score (nSPS) is 12.9. The molecule has 0 radical (unpaired) electrons. The molecule has 202 valence electrons. The molecule has 2 atom stereocenters. The Morgan fingerprint density at radius 3 is 2.13 bits per heavy atom. The first-order chi connectivity index (χ1) is 18.0. The van der Waals surface area contributed by atoms with Gasteiger partial charge in [-0.05, 0) is 74.4 Å². The first-order valence-corrected chi connectivity index (χ1v) is 14.0. The Kier molecular flexibility index (Phi) is 9.88. The van der Waals surface area contributed by atoms with E-state index in [1.54, 1.807) is 37.3 Å². The minimum Gasteiger partial charge on any atom is -0.352 e. The van der Waals surface area contributed by atoms with Crippen molar-refractivity contribution in [2.24, 2.45) is 0 Å². The predicted molar refractivity (Wildman–Crippen MR) is 147 cm³/mol. The molecule has 7 nitrogen and oxygen atoms in total. The quantitative estimate of drug-likeness (QED) is 0.358. The number of anilines is 1. The second-order valence-electron chi connectivity index (χ2n) is 8.94. The summed E-state index contributed by atoms with van der Waals surface area (Å²) in [5.41, 5.74) is 0.879. The lowest BCUT2D eigenvalue weighted by atomic mass is 10.1. The highest BCUT2D eigenvalue weighted by molar-refractivity contribution is 7.92. The number of sulfonamides is 1. The highest BCUT2D eigenvalue weighted by atomic mass is 35.5. The molecule has 0 aliphatic rings. The zero-order valence-electron chi connectivity index (χ0n) is 21.5. The molecule has 0 saturated heterocycles. The zero-order valence-corrected chi connectivity index (χ0v) is 23.0. The van der Waals surface area contributed by atoms with Crippen LogP contribution in [0.25, 0.3) is 0 Å². The fraction of sp³-hybridized carbons (Fsp3) is 0.286. The molecule has 0 unspecified atom stereocenters. The van der Waals surface area contributed by atoms with Gasteiger partial charge >= 0.3 is 0 Å². The van der Waals surface area contributed by atoms with Crippen molar-refractivity contribution >= 4 is 39.1 Å². The summed E-state index contributed by atoms with van der Waals surface area (Å²) in [7, 11) is -4.17. The lowest BCUT2D eigenvalue weighted by molar-refractivity contribution is -0.139. The Morgan fingerprint density at radius 1 is 0.947 bits per heavy atom. The number of para-hydroxylation sites is 1. The molecule has 3 aromatic carbocycles. The third-order valence-electron chi connectivity index (χ3n) is 6.16. The highest BCUT2D eigenvalue weighted by Crippen LogP contribution is 2.25. The molecule has 0 saturated carbocycles. The summed E-state index contributed by atoms with van der Waals surface area (Å²) < 4.78 is 41.9. The van der Waals surface area contributed by atoms with Gasteiger partial charge in [0.25, 0.3) is 10.0 Å². The van der Waals surface area contributed by atoms with E-state index in [9.17, 15) is 22.4 Å². The van der Waals surface area contributed by atoms with Crippen LogP contribution < -0.4 is 9.62 Å². The monoisotopic (exact) mass is 559 g/mol. The van der Waals surface area contributed by atoms with E-state index in [1.807, 2.05) is 13.8 Å². The van der Waals surface area contributed by atoms with Gasteiger partial charge < -0.3 is 10.2 Å². The first-order valence-electron chi connectivity index (χ1n) is 12.2. The van der Waals surface area contributed by atoms with Crippen molar-refractivity contribution < 1.29 is 22.4 Å². The molecule has 0 heterocycles. The Bertz CT molecular complexity index is 1340. The number of nitrogens with zero attached hydrogens (tertiary/aromatic N) is 2. The van der Waals surface area contributed by atoms with Gasteiger partial charge in [0.15, 0.2) is 0 Å². The summed E-state index contributed by atoms with van der Waals surface area (Å²) in [6.07, 6.45) is 0.700. The Labute approximate surface area is 228 Å². The van der Waals surface area contributed by atoms with Gasteiger partial charge in [0, 0.05) is 17.6 Å². The standard InChI is InChI=1S/C28H31ClFN3O4S/c1-4-20(2)31-28(35)21(3)32(18-22-10-14-24(30)15-11-22)27(34)19-33(25-8-6-5-7-9-25)38(36,37)26-16-12-23(29)13-17-26/h5-17,20-21H,4,18-19H2,1-3H3,(H,31,35)/t20-,21+/m1/s1. The van der Waals surface area contributed by atoms with Crippen molar-refractivity contribution in [2.75, 3.05) is 10.8 Å². The number of hydrogen-bond acceptors (Lipinski definition) is 4. The molecule has 3 aromatic rings. The van der Waals surface area contributed by atoms with Gasteiger partial charge in [0.1, 0.15) is 18.4 Å². The van der Waals surface area contributed by atoms with E-state index in [0.29, 0.717) is 17.0 Å². The first kappa shape index (κ1) is 29.1. The SMILES string of the molecule is CC[C@@H](C)NC(=O)[C@H](C)N(Cc1ccc(F)cc1)C(=O)CN(c1ccccc1)S(=O)(=O)c1ccc(Cl)cc1. The van der Waals surface area contributed by atoms with Crippen molar-refractivity contribution in [2.45, 2.75) is 50.7 Å². The average Bonchev–Trinajstić information content (AvgIpc) is 2.91. The van der Waals surface area contributed by atoms with Gasteiger partial charge in [-0.15, -0.1) is 0 Å². The number of carbonyl (C=O) groups excluding carboxylic acids is 2. The molecule has 0 aliphatic heterocycles. The van der Waals surface area contributed by atoms with Gasteiger partial charge in [-0.25, -0.2) is 12.8 Å². The van der Waals surface area contributed by atoms with Gasteiger partial charge in [0.2, 0.25) is 11.8 Å². The molecule has 0 aliphatic carbocycles. The number of rotatable bonds is 11. The van der Waals surface area contributed by atoms with E-state index in [0.717, 1.165) is 4.31 Å². The summed E-state index contributed by atoms with van der Waals surface area (Å²) in [4.78, 5) is 28.0. The van der Waals surface area contributed by atoms with E-state index in [4.69, 9.17) is 11.6 Å². The molecule has 0 spiro atoms. The van der Waals surface area contributed by atoms with Crippen LogP contribution in [0.1, 0.15) is 32.8 Å². The van der Waals surface area contributed by atoms with Crippen LogP contribution in [0, 0.1) is 5.82 Å². The second-order valence-corrected chi connectivity index (χ2v) is 11.2. The van der Waals surface area contributed by atoms with Crippen molar-refractivity contribution in [3.05, 3.63) is 95.3 Å². The van der Waals surface area contributed by atoms with Crippen LogP contribution in [0.3, 0.4) is 0 Å². The summed E-state index contributed by atoms with van der Waals surface area (Å²) in [5.74, 6) is -1.40. The number of benzene rings is 3. The third kappa shape index (κ3) is 7.33. The largest absolute Gasteiger partial charge is 0.352 e. The molecule has 1 N–H and O–H groups in total. The molecular weight excluding hydrogens is 529 g/mol. The van der Waals surface area contributed by atoms with E-state index in [2.05, 4.69) is 5.32 Å². The van der Waals surface area contributed by atoms with Crippen LogP contribution in [0.4, 0.5) is 10.1 Å². The summed E-state index contributed by atoms with van der Waals surface area (Å²) in [5, 5.41) is 3.24. The van der Waals surface area contributed by atoms with Crippen LogP contribution in [0.5, 0.6) is 0 Å². The number of halogens is 2. The number of carbonyl (C=O) groups is 2. The van der Waals surface area contributed by atoms with Gasteiger partial charge in [-0.1, -0.05) is 48.9 Å². The summed E-state index contributed by atoms with van der Waals surface area (Å²) >= 11 is 5.95. The van der Waals surface area contributed by atoms with Crippen molar-refractivity contribution in [1.82, 2.24) is 10.2 Å².